The Balaban J connectivity index is 2.19. The summed E-state index contributed by atoms with van der Waals surface area (Å²) in [7, 11) is 1.96. The maximum atomic E-state index is 5.15. The zero-order valence-electron chi connectivity index (χ0n) is 8.03. The third-order valence-corrected chi connectivity index (χ3v) is 2.54. The molecule has 0 aromatic carbocycles. The number of nitrogens with zero attached hydrogens (tertiary/aromatic N) is 2. The molecule has 2 heterocycles. The van der Waals surface area contributed by atoms with Crippen LogP contribution in [0.1, 0.15) is 24.7 Å². The Bertz CT molecular complexity index is 261. The van der Waals surface area contributed by atoms with Crippen LogP contribution < -0.4 is 5.32 Å². The largest absolute Gasteiger partial charge is 0.377 e. The Morgan fingerprint density at radius 3 is 3.00 bits per heavy atom. The lowest BCUT2D eigenvalue weighted by atomic mass is 10.2. The van der Waals surface area contributed by atoms with Gasteiger partial charge in [-0.3, -0.25) is 4.68 Å². The average molecular weight is 181 g/mol. The molecule has 4 heteroatoms. The lowest BCUT2D eigenvalue weighted by molar-refractivity contribution is -0.0303. The number of aromatic nitrogens is 2. The zero-order valence-corrected chi connectivity index (χ0v) is 8.03. The summed E-state index contributed by atoms with van der Waals surface area (Å²) in [6.07, 6.45) is 1.85. The van der Waals surface area contributed by atoms with Gasteiger partial charge in [-0.2, -0.15) is 5.10 Å². The van der Waals surface area contributed by atoms with Crippen molar-refractivity contribution < 1.29 is 4.74 Å². The summed E-state index contributed by atoms with van der Waals surface area (Å²) in [6.45, 7) is 3.73. The van der Waals surface area contributed by atoms with Crippen LogP contribution in [0.25, 0.3) is 0 Å². The molecular formula is C9H15N3O. The number of rotatable bonds is 3. The Hall–Kier alpha value is -0.870. The van der Waals surface area contributed by atoms with Gasteiger partial charge in [-0.1, -0.05) is 0 Å². The Labute approximate surface area is 77.9 Å². The fourth-order valence-electron chi connectivity index (χ4n) is 1.48. The molecule has 1 aromatic rings. The minimum absolute atomic E-state index is 0.350. The first-order chi connectivity index (χ1) is 6.33. The van der Waals surface area contributed by atoms with Crippen molar-refractivity contribution in [2.45, 2.75) is 19.0 Å². The second kappa shape index (κ2) is 3.47. The van der Waals surface area contributed by atoms with Crippen LogP contribution in [0.15, 0.2) is 12.3 Å². The zero-order chi connectivity index (χ0) is 9.26. The molecule has 2 rings (SSSR count). The molecular weight excluding hydrogens is 166 g/mol. The van der Waals surface area contributed by atoms with Crippen molar-refractivity contribution in [3.05, 3.63) is 18.0 Å². The van der Waals surface area contributed by atoms with Crippen LogP contribution in [0.2, 0.25) is 0 Å². The molecule has 0 spiro atoms. The van der Waals surface area contributed by atoms with Crippen LogP contribution in [-0.2, 0) is 4.74 Å². The van der Waals surface area contributed by atoms with Gasteiger partial charge in [-0.05, 0) is 20.0 Å². The van der Waals surface area contributed by atoms with Gasteiger partial charge < -0.3 is 10.1 Å². The van der Waals surface area contributed by atoms with Crippen LogP contribution in [0.3, 0.4) is 0 Å². The van der Waals surface area contributed by atoms with Gasteiger partial charge in [0, 0.05) is 12.2 Å². The van der Waals surface area contributed by atoms with E-state index >= 15 is 0 Å². The molecule has 1 saturated heterocycles. The molecule has 1 aliphatic heterocycles. The molecule has 1 aromatic heterocycles. The second-order valence-corrected chi connectivity index (χ2v) is 3.40. The van der Waals surface area contributed by atoms with Crippen molar-refractivity contribution in [2.24, 2.45) is 0 Å². The molecule has 4 nitrogen and oxygen atoms in total. The quantitative estimate of drug-likeness (QED) is 0.747. The summed E-state index contributed by atoms with van der Waals surface area (Å²) in [4.78, 5) is 0. The standard InChI is InChI=1S/C9H15N3O/c1-7(10-2)9-3-4-11-12(9)8-5-13-6-8/h3-4,7-8,10H,5-6H2,1-2H3. The Morgan fingerprint density at radius 1 is 1.69 bits per heavy atom. The van der Waals surface area contributed by atoms with Crippen molar-refractivity contribution >= 4 is 0 Å². The van der Waals surface area contributed by atoms with Gasteiger partial charge in [0.05, 0.1) is 24.9 Å². The monoisotopic (exact) mass is 181 g/mol. The van der Waals surface area contributed by atoms with Gasteiger partial charge in [0.15, 0.2) is 0 Å². The fraction of sp³-hybridized carbons (Fsp3) is 0.667. The maximum absolute atomic E-state index is 5.15. The molecule has 72 valence electrons. The van der Waals surface area contributed by atoms with Crippen molar-refractivity contribution in [3.8, 4) is 0 Å². The lowest BCUT2D eigenvalue weighted by Crippen LogP contribution is -2.33. The van der Waals surface area contributed by atoms with Crippen LogP contribution in [0, 0.1) is 0 Å². The predicted octanol–water partition coefficient (Wildman–Crippen LogP) is 0.735. The van der Waals surface area contributed by atoms with E-state index in [9.17, 15) is 0 Å². The predicted molar refractivity (Wildman–Crippen MR) is 49.6 cm³/mol. The highest BCUT2D eigenvalue weighted by molar-refractivity contribution is 5.07. The SMILES string of the molecule is CNC(C)c1ccnn1C1COC1. The number of nitrogens with one attached hydrogen (secondary N) is 1. The lowest BCUT2D eigenvalue weighted by Gasteiger charge is -2.29. The highest BCUT2D eigenvalue weighted by Gasteiger charge is 2.24. The fourth-order valence-corrected chi connectivity index (χ4v) is 1.48. The summed E-state index contributed by atoms with van der Waals surface area (Å²) in [6, 6.07) is 2.85. The molecule has 0 bridgehead atoms. The van der Waals surface area contributed by atoms with Gasteiger partial charge >= 0.3 is 0 Å². The van der Waals surface area contributed by atoms with Crippen molar-refractivity contribution in [1.82, 2.24) is 15.1 Å². The molecule has 0 radical (unpaired) electrons. The first-order valence-electron chi connectivity index (χ1n) is 4.61. The van der Waals surface area contributed by atoms with Gasteiger partial charge in [0.1, 0.15) is 0 Å². The normalized spacial score (nSPS) is 19.8. The van der Waals surface area contributed by atoms with E-state index in [4.69, 9.17) is 4.74 Å². The van der Waals surface area contributed by atoms with E-state index in [-0.39, 0.29) is 0 Å². The van der Waals surface area contributed by atoms with Crippen LogP contribution in [-0.4, -0.2) is 30.0 Å². The molecule has 1 N–H and O–H groups in total. The summed E-state index contributed by atoms with van der Waals surface area (Å²) in [5.74, 6) is 0. The maximum Gasteiger partial charge on any atom is 0.0989 e. The first-order valence-corrected chi connectivity index (χ1v) is 4.61. The highest BCUT2D eigenvalue weighted by atomic mass is 16.5. The summed E-state index contributed by atoms with van der Waals surface area (Å²) in [5.41, 5.74) is 1.23. The van der Waals surface area contributed by atoms with Crippen molar-refractivity contribution in [2.75, 3.05) is 20.3 Å². The van der Waals surface area contributed by atoms with Gasteiger partial charge in [-0.25, -0.2) is 0 Å². The summed E-state index contributed by atoms with van der Waals surface area (Å²) in [5, 5.41) is 7.51. The Morgan fingerprint density at radius 2 is 2.46 bits per heavy atom. The molecule has 1 aliphatic rings. The topological polar surface area (TPSA) is 39.1 Å². The van der Waals surface area contributed by atoms with E-state index in [1.54, 1.807) is 0 Å². The molecule has 0 saturated carbocycles. The molecule has 1 unspecified atom stereocenters. The molecule has 1 fully saturated rings. The summed E-state index contributed by atoms with van der Waals surface area (Å²) >= 11 is 0. The molecule has 0 amide bonds. The summed E-state index contributed by atoms with van der Waals surface area (Å²) < 4.78 is 7.21. The highest BCUT2D eigenvalue weighted by Crippen LogP contribution is 2.21. The van der Waals surface area contributed by atoms with E-state index < -0.39 is 0 Å². The van der Waals surface area contributed by atoms with E-state index in [1.807, 2.05) is 13.2 Å². The minimum Gasteiger partial charge on any atom is -0.377 e. The van der Waals surface area contributed by atoms with Crippen molar-refractivity contribution in [3.63, 3.8) is 0 Å². The average Bonchev–Trinajstić information content (AvgIpc) is 2.49. The van der Waals surface area contributed by atoms with E-state index in [1.165, 1.54) is 5.69 Å². The second-order valence-electron chi connectivity index (χ2n) is 3.40. The number of hydrogen-bond donors (Lipinski definition) is 1. The van der Waals surface area contributed by atoms with Crippen molar-refractivity contribution in [1.29, 1.82) is 0 Å². The van der Waals surface area contributed by atoms with Gasteiger partial charge in [0.25, 0.3) is 0 Å². The van der Waals surface area contributed by atoms with Crippen LogP contribution in [0.4, 0.5) is 0 Å². The molecule has 13 heavy (non-hydrogen) atoms. The van der Waals surface area contributed by atoms with E-state index in [2.05, 4.69) is 28.1 Å². The number of ether oxygens (including phenoxy) is 1. The molecule has 1 atom stereocenters. The third kappa shape index (κ3) is 1.47. The first kappa shape index (κ1) is 8.72. The van der Waals surface area contributed by atoms with Crippen LogP contribution >= 0.6 is 0 Å². The minimum atomic E-state index is 0.350. The number of hydrogen-bond acceptors (Lipinski definition) is 3. The smallest absolute Gasteiger partial charge is 0.0989 e. The third-order valence-electron chi connectivity index (χ3n) is 2.54. The van der Waals surface area contributed by atoms with Crippen LogP contribution in [0.5, 0.6) is 0 Å². The molecule has 0 aliphatic carbocycles. The van der Waals surface area contributed by atoms with E-state index in [0.717, 1.165) is 13.2 Å². The Kier molecular flexibility index (Phi) is 2.33. The van der Waals surface area contributed by atoms with Gasteiger partial charge in [-0.15, -0.1) is 0 Å². The van der Waals surface area contributed by atoms with E-state index in [0.29, 0.717) is 12.1 Å². The van der Waals surface area contributed by atoms with Gasteiger partial charge in [0.2, 0.25) is 0 Å².